The van der Waals surface area contributed by atoms with Crippen molar-refractivity contribution in [1.82, 2.24) is 15.2 Å². The molecule has 0 radical (unpaired) electrons. The summed E-state index contributed by atoms with van der Waals surface area (Å²) >= 11 is 0. The summed E-state index contributed by atoms with van der Waals surface area (Å²) in [7, 11) is 0. The standard InChI is InChI=1S/C29H37N5O2/c35-28-10-3-9-26-24-16-21(19-34(26)28)18-33(20-24)27-12-11-23(17-31-27)29(36)30-13-5-15-32-14-4-7-22-6-1-2-8-25(22)32/h1-2,6,8,11-12,17,21,24,26H,3-5,7,9-10,13-16,18-20H2,(H,30,36)/t21-,24-,26-/m1/s1. The molecule has 5 heterocycles. The van der Waals surface area contributed by atoms with Gasteiger partial charge in [-0.1, -0.05) is 18.2 Å². The maximum absolute atomic E-state index is 12.7. The first-order valence-corrected chi connectivity index (χ1v) is 13.8. The van der Waals surface area contributed by atoms with E-state index >= 15 is 0 Å². The molecule has 2 bridgehead atoms. The van der Waals surface area contributed by atoms with Gasteiger partial charge in [-0.15, -0.1) is 0 Å². The van der Waals surface area contributed by atoms with Crippen LogP contribution < -0.4 is 15.1 Å². The van der Waals surface area contributed by atoms with Crippen LogP contribution in [0.4, 0.5) is 11.5 Å². The van der Waals surface area contributed by atoms with E-state index in [2.05, 4.69) is 49.3 Å². The predicted molar refractivity (Wildman–Crippen MR) is 141 cm³/mol. The summed E-state index contributed by atoms with van der Waals surface area (Å²) < 4.78 is 0. The third-order valence-electron chi connectivity index (χ3n) is 8.61. The number of nitrogens with one attached hydrogen (secondary N) is 1. The number of pyridine rings is 1. The number of para-hydroxylation sites is 1. The minimum atomic E-state index is -0.0556. The summed E-state index contributed by atoms with van der Waals surface area (Å²) in [6.45, 7) is 5.47. The van der Waals surface area contributed by atoms with Crippen molar-refractivity contribution < 1.29 is 9.59 Å². The number of rotatable bonds is 6. The minimum absolute atomic E-state index is 0.0556. The van der Waals surface area contributed by atoms with E-state index in [4.69, 9.17) is 0 Å². The Morgan fingerprint density at radius 2 is 1.97 bits per heavy atom. The van der Waals surface area contributed by atoms with Crippen LogP contribution in [-0.4, -0.2) is 67.0 Å². The Hall–Kier alpha value is -3.09. The van der Waals surface area contributed by atoms with E-state index in [0.717, 1.165) is 70.6 Å². The molecule has 1 N–H and O–H groups in total. The number of amides is 2. The number of carbonyl (C=O) groups excluding carboxylic acids is 2. The maximum atomic E-state index is 12.7. The van der Waals surface area contributed by atoms with Gasteiger partial charge in [0, 0.05) is 63.6 Å². The van der Waals surface area contributed by atoms with Gasteiger partial charge in [-0.25, -0.2) is 4.98 Å². The molecule has 1 aromatic carbocycles. The third kappa shape index (κ3) is 4.67. The highest BCUT2D eigenvalue weighted by Crippen LogP contribution is 2.38. The van der Waals surface area contributed by atoms with Crippen LogP contribution in [0.3, 0.4) is 0 Å². The molecule has 0 spiro atoms. The molecule has 7 heteroatoms. The van der Waals surface area contributed by atoms with Crippen LogP contribution in [0.25, 0.3) is 0 Å². The molecule has 0 saturated carbocycles. The lowest BCUT2D eigenvalue weighted by Gasteiger charge is -2.52. The molecule has 2 aromatic rings. The maximum Gasteiger partial charge on any atom is 0.252 e. The molecule has 36 heavy (non-hydrogen) atoms. The van der Waals surface area contributed by atoms with Gasteiger partial charge in [0.25, 0.3) is 5.91 Å². The Balaban J connectivity index is 1.00. The highest BCUT2D eigenvalue weighted by Gasteiger charge is 2.44. The van der Waals surface area contributed by atoms with Crippen molar-refractivity contribution in [2.75, 3.05) is 49.1 Å². The Labute approximate surface area is 213 Å². The summed E-state index contributed by atoms with van der Waals surface area (Å²) in [5, 5.41) is 3.07. The Morgan fingerprint density at radius 3 is 2.86 bits per heavy atom. The van der Waals surface area contributed by atoms with Crippen LogP contribution in [0.1, 0.15) is 54.4 Å². The number of fused-ring (bicyclic) bond motifs is 5. The normalized spacial score (nSPS) is 25.3. The SMILES string of the molecule is O=C(NCCCN1CCCc2ccccc21)c1ccc(N2C[C@H]3C[C@H](C2)[C@H]2CCCC(=O)N2C3)nc1. The topological polar surface area (TPSA) is 68.8 Å². The van der Waals surface area contributed by atoms with Crippen molar-refractivity contribution in [3.63, 3.8) is 0 Å². The lowest BCUT2D eigenvalue weighted by Crippen LogP contribution is -2.60. The Kier molecular flexibility index (Phi) is 6.55. The number of benzene rings is 1. The predicted octanol–water partition coefficient (Wildman–Crippen LogP) is 3.49. The van der Waals surface area contributed by atoms with E-state index in [0.29, 0.717) is 35.9 Å². The number of aryl methyl sites for hydroxylation is 1. The molecule has 4 aliphatic heterocycles. The van der Waals surface area contributed by atoms with Crippen LogP contribution >= 0.6 is 0 Å². The molecule has 0 unspecified atom stereocenters. The van der Waals surface area contributed by atoms with Gasteiger partial charge < -0.3 is 20.0 Å². The largest absolute Gasteiger partial charge is 0.371 e. The van der Waals surface area contributed by atoms with Gasteiger partial charge in [0.15, 0.2) is 0 Å². The van der Waals surface area contributed by atoms with Crippen LogP contribution in [0, 0.1) is 11.8 Å². The summed E-state index contributed by atoms with van der Waals surface area (Å²) in [5.74, 6) is 2.28. The second kappa shape index (κ2) is 10.1. The lowest BCUT2D eigenvalue weighted by molar-refractivity contribution is -0.142. The van der Waals surface area contributed by atoms with Gasteiger partial charge in [-0.3, -0.25) is 9.59 Å². The van der Waals surface area contributed by atoms with Crippen LogP contribution in [0.5, 0.6) is 0 Å². The second-order valence-electron chi connectivity index (χ2n) is 11.0. The number of piperidine rings is 3. The second-order valence-corrected chi connectivity index (χ2v) is 11.0. The van der Waals surface area contributed by atoms with Gasteiger partial charge in [0.05, 0.1) is 5.56 Å². The number of aromatic nitrogens is 1. The van der Waals surface area contributed by atoms with Crippen LogP contribution in [-0.2, 0) is 11.2 Å². The zero-order chi connectivity index (χ0) is 24.5. The minimum Gasteiger partial charge on any atom is -0.371 e. The molecule has 0 aliphatic carbocycles. The van der Waals surface area contributed by atoms with Gasteiger partial charge >= 0.3 is 0 Å². The van der Waals surface area contributed by atoms with Crippen molar-refractivity contribution in [2.45, 2.75) is 51.0 Å². The Morgan fingerprint density at radius 1 is 1.06 bits per heavy atom. The third-order valence-corrected chi connectivity index (χ3v) is 8.61. The first kappa shape index (κ1) is 23.3. The number of anilines is 2. The zero-order valence-corrected chi connectivity index (χ0v) is 21.1. The van der Waals surface area contributed by atoms with Crippen molar-refractivity contribution >= 4 is 23.3 Å². The van der Waals surface area contributed by atoms with Gasteiger partial charge in [-0.05, 0) is 74.1 Å². The first-order chi connectivity index (χ1) is 17.7. The smallest absolute Gasteiger partial charge is 0.252 e. The van der Waals surface area contributed by atoms with E-state index in [1.807, 2.05) is 12.1 Å². The van der Waals surface area contributed by atoms with E-state index in [1.165, 1.54) is 24.1 Å². The summed E-state index contributed by atoms with van der Waals surface area (Å²) in [6, 6.07) is 12.9. The van der Waals surface area contributed by atoms with E-state index in [1.54, 1.807) is 6.20 Å². The van der Waals surface area contributed by atoms with E-state index < -0.39 is 0 Å². The van der Waals surface area contributed by atoms with Crippen molar-refractivity contribution in [3.05, 3.63) is 53.7 Å². The van der Waals surface area contributed by atoms with Crippen molar-refractivity contribution in [2.24, 2.45) is 11.8 Å². The molecule has 3 atom stereocenters. The Bertz CT molecular complexity index is 1100. The molecule has 6 rings (SSSR count). The quantitative estimate of drug-likeness (QED) is 0.632. The molecule has 3 saturated heterocycles. The summed E-state index contributed by atoms with van der Waals surface area (Å²) in [5.41, 5.74) is 3.39. The monoisotopic (exact) mass is 487 g/mol. The average molecular weight is 488 g/mol. The van der Waals surface area contributed by atoms with Crippen molar-refractivity contribution in [3.8, 4) is 0 Å². The molecule has 7 nitrogen and oxygen atoms in total. The van der Waals surface area contributed by atoms with Gasteiger partial charge in [-0.2, -0.15) is 0 Å². The lowest BCUT2D eigenvalue weighted by atomic mass is 9.76. The van der Waals surface area contributed by atoms with Gasteiger partial charge in [0.2, 0.25) is 5.91 Å². The molecule has 190 valence electrons. The fourth-order valence-corrected chi connectivity index (χ4v) is 6.92. The molecule has 2 amide bonds. The molecular weight excluding hydrogens is 450 g/mol. The summed E-state index contributed by atoms with van der Waals surface area (Å²) in [4.78, 5) is 36.8. The first-order valence-electron chi connectivity index (χ1n) is 13.8. The van der Waals surface area contributed by atoms with Crippen LogP contribution in [0.2, 0.25) is 0 Å². The number of hydrogen-bond donors (Lipinski definition) is 1. The molecule has 4 aliphatic rings. The van der Waals surface area contributed by atoms with Crippen LogP contribution in [0.15, 0.2) is 42.6 Å². The van der Waals surface area contributed by atoms with E-state index in [9.17, 15) is 9.59 Å². The number of nitrogens with zero attached hydrogens (tertiary/aromatic N) is 4. The van der Waals surface area contributed by atoms with Gasteiger partial charge in [0.1, 0.15) is 5.82 Å². The number of carbonyl (C=O) groups is 2. The highest BCUT2D eigenvalue weighted by atomic mass is 16.2. The molecule has 3 fully saturated rings. The fraction of sp³-hybridized carbons (Fsp3) is 0.552. The summed E-state index contributed by atoms with van der Waals surface area (Å²) in [6.07, 6.45) is 9.07. The van der Waals surface area contributed by atoms with Crippen molar-refractivity contribution in [1.29, 1.82) is 0 Å². The highest BCUT2D eigenvalue weighted by molar-refractivity contribution is 5.94. The zero-order valence-electron chi connectivity index (χ0n) is 21.1. The average Bonchev–Trinajstić information content (AvgIpc) is 2.92. The molecular formula is C29H37N5O2. The molecule has 1 aromatic heterocycles. The number of hydrogen-bond acceptors (Lipinski definition) is 5. The fourth-order valence-electron chi connectivity index (χ4n) is 6.92. The van der Waals surface area contributed by atoms with E-state index in [-0.39, 0.29) is 5.91 Å².